The van der Waals surface area contributed by atoms with Gasteiger partial charge in [-0.05, 0) is 72.7 Å². The highest BCUT2D eigenvalue weighted by Gasteiger charge is 2.33. The van der Waals surface area contributed by atoms with E-state index in [0.717, 1.165) is 17.3 Å². The summed E-state index contributed by atoms with van der Waals surface area (Å²) in [5.41, 5.74) is 2.54. The average Bonchev–Trinajstić information content (AvgIpc) is 3.14. The third kappa shape index (κ3) is 5.70. The largest absolute Gasteiger partial charge is 0.493 e. The number of hydrogen-bond acceptors (Lipinski definition) is 6. The fourth-order valence-corrected chi connectivity index (χ4v) is 4.87. The van der Waals surface area contributed by atoms with Gasteiger partial charge in [-0.15, -0.1) is 0 Å². The maximum absolute atomic E-state index is 13.3. The van der Waals surface area contributed by atoms with Crippen molar-refractivity contribution in [3.8, 4) is 11.5 Å². The fraction of sp³-hybridized carbons (Fsp3) is 0.115. The minimum Gasteiger partial charge on any atom is -0.493 e. The first-order chi connectivity index (χ1) is 17.3. The van der Waals surface area contributed by atoms with Crippen molar-refractivity contribution in [2.24, 2.45) is 0 Å². The molecule has 1 N–H and O–H groups in total. The predicted molar refractivity (Wildman–Crippen MR) is 145 cm³/mol. The highest BCUT2D eigenvalue weighted by atomic mass is 35.5. The van der Waals surface area contributed by atoms with E-state index in [9.17, 15) is 14.0 Å². The van der Waals surface area contributed by atoms with Crippen LogP contribution in [0.1, 0.15) is 11.1 Å². The minimum atomic E-state index is -0.397. The zero-order valence-corrected chi connectivity index (χ0v) is 21.6. The van der Waals surface area contributed by atoms with Gasteiger partial charge in [0.05, 0.1) is 17.7 Å². The van der Waals surface area contributed by atoms with E-state index in [1.165, 1.54) is 36.3 Å². The molecule has 36 heavy (non-hydrogen) atoms. The van der Waals surface area contributed by atoms with Crippen LogP contribution in [-0.4, -0.2) is 29.9 Å². The van der Waals surface area contributed by atoms with Gasteiger partial charge in [-0.3, -0.25) is 14.5 Å². The monoisotopic (exact) mass is 542 g/mol. The molecule has 0 aliphatic carbocycles. The Labute approximate surface area is 222 Å². The van der Waals surface area contributed by atoms with Crippen molar-refractivity contribution in [3.63, 3.8) is 0 Å². The van der Waals surface area contributed by atoms with Gasteiger partial charge in [0.15, 0.2) is 22.4 Å². The molecule has 10 heteroatoms. The summed E-state index contributed by atoms with van der Waals surface area (Å²) in [6.07, 6.45) is 1.68. The Morgan fingerprint density at radius 3 is 2.64 bits per heavy atom. The summed E-state index contributed by atoms with van der Waals surface area (Å²) in [5.74, 6) is -0.290. The van der Waals surface area contributed by atoms with E-state index in [2.05, 4.69) is 5.32 Å². The number of rotatable bonds is 7. The van der Waals surface area contributed by atoms with Gasteiger partial charge in [0.25, 0.3) is 11.8 Å². The summed E-state index contributed by atoms with van der Waals surface area (Å²) in [5, 5.41) is 3.33. The molecule has 0 aromatic heterocycles. The van der Waals surface area contributed by atoms with Gasteiger partial charge in [0.1, 0.15) is 5.82 Å². The molecule has 3 aromatic rings. The Bertz CT molecular complexity index is 1380. The molecule has 0 atom stereocenters. The molecular formula is C26H20ClFN2O4S2. The van der Waals surface area contributed by atoms with Gasteiger partial charge in [-0.1, -0.05) is 47.7 Å². The summed E-state index contributed by atoms with van der Waals surface area (Å²) >= 11 is 12.6. The molecule has 184 valence electrons. The summed E-state index contributed by atoms with van der Waals surface area (Å²) in [6, 6.07) is 15.9. The van der Waals surface area contributed by atoms with Crippen LogP contribution in [0.3, 0.4) is 0 Å². The maximum Gasteiger partial charge on any atom is 0.270 e. The molecule has 1 saturated heterocycles. The normalized spacial score (nSPS) is 14.3. The lowest BCUT2D eigenvalue weighted by atomic mass is 10.1. The van der Waals surface area contributed by atoms with Crippen molar-refractivity contribution >= 4 is 69.2 Å². The summed E-state index contributed by atoms with van der Waals surface area (Å²) in [4.78, 5) is 27.1. The lowest BCUT2D eigenvalue weighted by molar-refractivity contribution is -0.118. The van der Waals surface area contributed by atoms with E-state index >= 15 is 0 Å². The number of halogens is 2. The zero-order chi connectivity index (χ0) is 25.8. The van der Waals surface area contributed by atoms with Crippen LogP contribution in [0, 0.1) is 12.7 Å². The Kier molecular flexibility index (Phi) is 7.93. The lowest BCUT2D eigenvalue weighted by Gasteiger charge is -2.14. The molecule has 1 aliphatic rings. The van der Waals surface area contributed by atoms with E-state index in [0.29, 0.717) is 42.7 Å². The van der Waals surface area contributed by atoms with Gasteiger partial charge in [0.2, 0.25) is 0 Å². The van der Waals surface area contributed by atoms with Crippen LogP contribution in [0.15, 0.2) is 65.6 Å². The van der Waals surface area contributed by atoms with Crippen molar-refractivity contribution in [3.05, 3.63) is 87.5 Å². The smallest absolute Gasteiger partial charge is 0.270 e. The highest BCUT2D eigenvalue weighted by Crippen LogP contribution is 2.37. The van der Waals surface area contributed by atoms with E-state index in [4.69, 9.17) is 33.3 Å². The predicted octanol–water partition coefficient (Wildman–Crippen LogP) is 6.22. The number of amides is 2. The number of thiocarbonyl (C=S) groups is 1. The summed E-state index contributed by atoms with van der Waals surface area (Å²) < 4.78 is 24.7. The Hall–Kier alpha value is -3.40. The second kappa shape index (κ2) is 11.1. The molecule has 1 fully saturated rings. The SMILES string of the molecule is COc1cc(/C=C2\SC(=S)N(c3ccc(F)cc3)C2=O)ccc1OCC(=O)Nc1cccc(Cl)c1C. The van der Waals surface area contributed by atoms with Crippen molar-refractivity contribution < 1.29 is 23.5 Å². The first kappa shape index (κ1) is 25.7. The number of carbonyl (C=O) groups is 2. The van der Waals surface area contributed by atoms with Crippen LogP contribution in [0.4, 0.5) is 15.8 Å². The molecule has 0 radical (unpaired) electrons. The minimum absolute atomic E-state index is 0.238. The molecule has 6 nitrogen and oxygen atoms in total. The number of hydrogen-bond donors (Lipinski definition) is 1. The number of carbonyl (C=O) groups excluding carboxylic acids is 2. The van der Waals surface area contributed by atoms with Crippen LogP contribution in [0.2, 0.25) is 5.02 Å². The number of anilines is 2. The summed E-state index contributed by atoms with van der Waals surface area (Å²) in [6.45, 7) is 1.58. The number of benzene rings is 3. The van der Waals surface area contributed by atoms with Crippen molar-refractivity contribution in [2.75, 3.05) is 23.9 Å². The molecule has 0 spiro atoms. The maximum atomic E-state index is 13.3. The van der Waals surface area contributed by atoms with Crippen LogP contribution in [0.25, 0.3) is 6.08 Å². The van der Waals surface area contributed by atoms with E-state index in [1.54, 1.807) is 42.5 Å². The molecule has 3 aromatic carbocycles. The van der Waals surface area contributed by atoms with Crippen LogP contribution in [0.5, 0.6) is 11.5 Å². The third-order valence-corrected chi connectivity index (χ3v) is 6.98. The van der Waals surface area contributed by atoms with Crippen molar-refractivity contribution in [2.45, 2.75) is 6.92 Å². The molecular weight excluding hydrogens is 523 g/mol. The number of methoxy groups -OCH3 is 1. The van der Waals surface area contributed by atoms with Crippen LogP contribution < -0.4 is 19.7 Å². The highest BCUT2D eigenvalue weighted by molar-refractivity contribution is 8.27. The van der Waals surface area contributed by atoms with E-state index in [1.807, 2.05) is 6.92 Å². The molecule has 1 heterocycles. The van der Waals surface area contributed by atoms with Gasteiger partial charge >= 0.3 is 0 Å². The number of ether oxygens (including phenoxy) is 2. The molecule has 0 unspecified atom stereocenters. The number of thioether (sulfide) groups is 1. The second-order valence-corrected chi connectivity index (χ2v) is 9.74. The van der Waals surface area contributed by atoms with Crippen molar-refractivity contribution in [1.29, 1.82) is 0 Å². The molecule has 1 aliphatic heterocycles. The van der Waals surface area contributed by atoms with Crippen molar-refractivity contribution in [1.82, 2.24) is 0 Å². The molecule has 4 rings (SSSR count). The molecule has 0 saturated carbocycles. The van der Waals surface area contributed by atoms with Crippen LogP contribution in [-0.2, 0) is 9.59 Å². The number of nitrogens with zero attached hydrogens (tertiary/aromatic N) is 1. The Morgan fingerprint density at radius 1 is 1.17 bits per heavy atom. The first-order valence-electron chi connectivity index (χ1n) is 10.7. The second-order valence-electron chi connectivity index (χ2n) is 7.65. The fourth-order valence-electron chi connectivity index (χ4n) is 3.40. The van der Waals surface area contributed by atoms with Gasteiger partial charge < -0.3 is 14.8 Å². The molecule has 2 amide bonds. The van der Waals surface area contributed by atoms with Gasteiger partial charge in [0, 0.05) is 10.7 Å². The Balaban J connectivity index is 1.45. The standard InChI is InChI=1S/C26H20ClFN2O4S2/c1-15-19(27)4-3-5-20(15)29-24(31)14-34-21-11-6-16(12-22(21)33-2)13-23-25(32)30(26(35)36-23)18-9-7-17(28)8-10-18/h3-13H,14H2,1-2H3,(H,29,31)/b23-13-. The zero-order valence-electron chi connectivity index (χ0n) is 19.2. The topological polar surface area (TPSA) is 67.9 Å². The first-order valence-corrected chi connectivity index (χ1v) is 12.3. The van der Waals surface area contributed by atoms with E-state index < -0.39 is 5.82 Å². The third-order valence-electron chi connectivity index (χ3n) is 5.26. The quantitative estimate of drug-likeness (QED) is 0.282. The number of nitrogens with one attached hydrogen (secondary N) is 1. The average molecular weight is 543 g/mol. The van der Waals surface area contributed by atoms with Gasteiger partial charge in [-0.2, -0.15) is 0 Å². The van der Waals surface area contributed by atoms with Gasteiger partial charge in [-0.25, -0.2) is 4.39 Å². The van der Waals surface area contributed by atoms with Crippen LogP contribution >= 0.6 is 35.6 Å². The lowest BCUT2D eigenvalue weighted by Crippen LogP contribution is -2.27. The van der Waals surface area contributed by atoms with E-state index in [-0.39, 0.29) is 18.4 Å². The molecule has 0 bridgehead atoms. The summed E-state index contributed by atoms with van der Waals surface area (Å²) in [7, 11) is 1.48. The Morgan fingerprint density at radius 2 is 1.92 bits per heavy atom.